The number of fused-ring (bicyclic) bond motifs is 1. The second kappa shape index (κ2) is 5.44. The second-order valence-corrected chi connectivity index (χ2v) is 5.53. The molecule has 0 radical (unpaired) electrons. The molecule has 0 aromatic carbocycles. The lowest BCUT2D eigenvalue weighted by molar-refractivity contribution is 0.247. The van der Waals surface area contributed by atoms with E-state index in [1.54, 1.807) is 11.3 Å². The molecule has 0 bridgehead atoms. The Bertz CT molecular complexity index is 549. The van der Waals surface area contributed by atoms with Crippen LogP contribution in [-0.2, 0) is 13.0 Å². The zero-order valence-corrected chi connectivity index (χ0v) is 11.3. The maximum Gasteiger partial charge on any atom is 0.319 e. The van der Waals surface area contributed by atoms with Crippen molar-refractivity contribution in [1.29, 1.82) is 0 Å². The van der Waals surface area contributed by atoms with Gasteiger partial charge >= 0.3 is 6.03 Å². The lowest BCUT2D eigenvalue weighted by atomic mass is 9.99. The van der Waals surface area contributed by atoms with Crippen molar-refractivity contribution in [3.05, 3.63) is 35.0 Å². The zero-order valence-electron chi connectivity index (χ0n) is 10.5. The van der Waals surface area contributed by atoms with E-state index in [1.165, 1.54) is 0 Å². The lowest BCUT2D eigenvalue weighted by Gasteiger charge is -2.23. The van der Waals surface area contributed by atoms with Crippen LogP contribution in [0.1, 0.15) is 12.2 Å². The molecule has 1 aliphatic heterocycles. The molecular formula is C13H16N4OS. The molecule has 0 fully saturated rings. The number of carbonyl (C=O) groups is 1. The van der Waals surface area contributed by atoms with E-state index in [2.05, 4.69) is 20.2 Å². The number of aromatic nitrogens is 2. The molecule has 1 atom stereocenters. The number of hydrogen-bond acceptors (Lipinski definition) is 3. The van der Waals surface area contributed by atoms with Crippen LogP contribution in [-0.4, -0.2) is 22.1 Å². The third kappa shape index (κ3) is 2.96. The van der Waals surface area contributed by atoms with Gasteiger partial charge in [0.25, 0.3) is 0 Å². The molecule has 1 aliphatic rings. The van der Waals surface area contributed by atoms with Crippen LogP contribution in [0.5, 0.6) is 0 Å². The Balaban J connectivity index is 1.47. The van der Waals surface area contributed by atoms with Crippen LogP contribution < -0.4 is 10.6 Å². The number of imidazole rings is 1. The molecule has 100 valence electrons. The predicted octanol–water partition coefficient (Wildman–Crippen LogP) is 2.33. The van der Waals surface area contributed by atoms with Gasteiger partial charge in [-0.15, -0.1) is 0 Å². The number of rotatable bonds is 3. The van der Waals surface area contributed by atoms with Gasteiger partial charge in [0.05, 0.1) is 5.69 Å². The van der Waals surface area contributed by atoms with E-state index in [0.29, 0.717) is 12.5 Å². The highest BCUT2D eigenvalue weighted by Gasteiger charge is 2.19. The first kappa shape index (κ1) is 12.2. The molecule has 2 N–H and O–H groups in total. The molecule has 2 amide bonds. The molecule has 0 saturated heterocycles. The Hall–Kier alpha value is -1.82. The van der Waals surface area contributed by atoms with Crippen molar-refractivity contribution in [1.82, 2.24) is 14.9 Å². The number of nitrogens with zero attached hydrogens (tertiary/aromatic N) is 2. The Kier molecular flexibility index (Phi) is 3.50. The normalized spacial score (nSPS) is 17.8. The molecule has 2 aromatic heterocycles. The van der Waals surface area contributed by atoms with Gasteiger partial charge in [-0.3, -0.25) is 0 Å². The SMILES string of the molecule is O=C(NC[C@H]1CCc2nccn2C1)Nc1ccsc1. The van der Waals surface area contributed by atoms with Crippen LogP contribution in [0.2, 0.25) is 0 Å². The molecule has 0 saturated carbocycles. The van der Waals surface area contributed by atoms with E-state index >= 15 is 0 Å². The van der Waals surface area contributed by atoms with E-state index in [1.807, 2.05) is 29.2 Å². The van der Waals surface area contributed by atoms with Crippen LogP contribution in [0.3, 0.4) is 0 Å². The molecule has 0 unspecified atom stereocenters. The van der Waals surface area contributed by atoms with Gasteiger partial charge in [-0.2, -0.15) is 11.3 Å². The van der Waals surface area contributed by atoms with Gasteiger partial charge in [0.1, 0.15) is 5.82 Å². The largest absolute Gasteiger partial charge is 0.338 e. The summed E-state index contributed by atoms with van der Waals surface area (Å²) in [5, 5.41) is 9.61. The molecule has 5 nitrogen and oxygen atoms in total. The van der Waals surface area contributed by atoms with Gasteiger partial charge in [-0.1, -0.05) is 0 Å². The van der Waals surface area contributed by atoms with Crippen molar-refractivity contribution in [3.63, 3.8) is 0 Å². The fraction of sp³-hybridized carbons (Fsp3) is 0.385. The molecule has 6 heteroatoms. The van der Waals surface area contributed by atoms with Crippen molar-refractivity contribution in [3.8, 4) is 0 Å². The number of nitrogens with one attached hydrogen (secondary N) is 2. The standard InChI is InChI=1S/C13H16N4OS/c18-13(16-11-3-6-19-9-11)15-7-10-1-2-12-14-4-5-17(12)8-10/h3-6,9-10H,1-2,7-8H2,(H2,15,16,18)/t10-/m1/s1. The van der Waals surface area contributed by atoms with E-state index in [-0.39, 0.29) is 6.03 Å². The van der Waals surface area contributed by atoms with E-state index in [0.717, 1.165) is 30.9 Å². The molecule has 3 heterocycles. The second-order valence-electron chi connectivity index (χ2n) is 4.75. The summed E-state index contributed by atoms with van der Waals surface area (Å²) < 4.78 is 2.17. The zero-order chi connectivity index (χ0) is 13.1. The summed E-state index contributed by atoms with van der Waals surface area (Å²) >= 11 is 1.57. The highest BCUT2D eigenvalue weighted by molar-refractivity contribution is 7.08. The summed E-state index contributed by atoms with van der Waals surface area (Å²) in [4.78, 5) is 16.0. The van der Waals surface area contributed by atoms with E-state index in [9.17, 15) is 4.79 Å². The van der Waals surface area contributed by atoms with Gasteiger partial charge < -0.3 is 15.2 Å². The van der Waals surface area contributed by atoms with Gasteiger partial charge in [-0.05, 0) is 23.8 Å². The van der Waals surface area contributed by atoms with Gasteiger partial charge in [-0.25, -0.2) is 9.78 Å². The van der Waals surface area contributed by atoms with E-state index < -0.39 is 0 Å². The number of thiophene rings is 1. The first-order valence-electron chi connectivity index (χ1n) is 6.38. The third-order valence-electron chi connectivity index (χ3n) is 3.36. The van der Waals surface area contributed by atoms with Crippen LogP contribution >= 0.6 is 11.3 Å². The number of urea groups is 1. The summed E-state index contributed by atoms with van der Waals surface area (Å²) in [7, 11) is 0. The monoisotopic (exact) mass is 276 g/mol. The van der Waals surface area contributed by atoms with Crippen LogP contribution in [0, 0.1) is 5.92 Å². The summed E-state index contributed by atoms with van der Waals surface area (Å²) in [6.45, 7) is 1.64. The number of anilines is 1. The summed E-state index contributed by atoms with van der Waals surface area (Å²) in [5.74, 6) is 1.63. The van der Waals surface area contributed by atoms with Crippen LogP contribution in [0.4, 0.5) is 10.5 Å². The van der Waals surface area contributed by atoms with Crippen molar-refractivity contribution in [2.24, 2.45) is 5.92 Å². The van der Waals surface area contributed by atoms with Gasteiger partial charge in [0.15, 0.2) is 0 Å². The third-order valence-corrected chi connectivity index (χ3v) is 4.05. The van der Waals surface area contributed by atoms with Gasteiger partial charge in [0.2, 0.25) is 0 Å². The van der Waals surface area contributed by atoms with Crippen molar-refractivity contribution < 1.29 is 4.79 Å². The van der Waals surface area contributed by atoms with Crippen molar-refractivity contribution in [2.45, 2.75) is 19.4 Å². The molecule has 0 spiro atoms. The van der Waals surface area contributed by atoms with Crippen molar-refractivity contribution in [2.75, 3.05) is 11.9 Å². The minimum absolute atomic E-state index is 0.130. The minimum Gasteiger partial charge on any atom is -0.338 e. The Labute approximate surface area is 115 Å². The maximum absolute atomic E-state index is 11.7. The highest BCUT2D eigenvalue weighted by Crippen LogP contribution is 2.18. The Morgan fingerprint density at radius 2 is 2.53 bits per heavy atom. The number of hydrogen-bond donors (Lipinski definition) is 2. The number of carbonyl (C=O) groups excluding carboxylic acids is 1. The molecule has 19 heavy (non-hydrogen) atoms. The van der Waals surface area contributed by atoms with Gasteiger partial charge in [0, 0.05) is 37.3 Å². The quantitative estimate of drug-likeness (QED) is 0.904. The summed E-state index contributed by atoms with van der Waals surface area (Å²) in [6, 6.07) is 1.76. The van der Waals surface area contributed by atoms with Crippen LogP contribution in [0.25, 0.3) is 0 Å². The first-order valence-corrected chi connectivity index (χ1v) is 7.32. The Morgan fingerprint density at radius 1 is 1.58 bits per heavy atom. The van der Waals surface area contributed by atoms with Crippen molar-refractivity contribution >= 4 is 23.1 Å². The smallest absolute Gasteiger partial charge is 0.319 e. The Morgan fingerprint density at radius 3 is 3.37 bits per heavy atom. The average molecular weight is 276 g/mol. The number of amides is 2. The predicted molar refractivity (Wildman–Crippen MR) is 75.4 cm³/mol. The highest BCUT2D eigenvalue weighted by atomic mass is 32.1. The van der Waals surface area contributed by atoms with Crippen LogP contribution in [0.15, 0.2) is 29.2 Å². The number of aryl methyl sites for hydroxylation is 1. The molecular weight excluding hydrogens is 260 g/mol. The summed E-state index contributed by atoms with van der Waals surface area (Å²) in [5.41, 5.74) is 0.850. The van der Waals surface area contributed by atoms with E-state index in [4.69, 9.17) is 0 Å². The topological polar surface area (TPSA) is 59.0 Å². The molecule has 3 rings (SSSR count). The minimum atomic E-state index is -0.130. The lowest BCUT2D eigenvalue weighted by Crippen LogP contribution is -2.36. The summed E-state index contributed by atoms with van der Waals surface area (Å²) in [6.07, 6.45) is 5.92. The average Bonchev–Trinajstić information content (AvgIpc) is 3.06. The fourth-order valence-corrected chi connectivity index (χ4v) is 2.94. The fourth-order valence-electron chi connectivity index (χ4n) is 2.35. The molecule has 0 aliphatic carbocycles. The first-order chi connectivity index (χ1) is 9.31. The maximum atomic E-state index is 11.7. The molecule has 2 aromatic rings.